The smallest absolute Gasteiger partial charge is 0.224 e. The van der Waals surface area contributed by atoms with Gasteiger partial charge in [-0.25, -0.2) is 0 Å². The normalized spacial score (nSPS) is 9.71. The van der Waals surface area contributed by atoms with Crippen LogP contribution < -0.4 is 10.1 Å². The fourth-order valence-electron chi connectivity index (χ4n) is 1.98. The minimum atomic E-state index is -0.0659. The summed E-state index contributed by atoms with van der Waals surface area (Å²) in [6.07, 6.45) is 0.278. The Morgan fingerprint density at radius 1 is 1.19 bits per heavy atom. The number of hydrogen-bond acceptors (Lipinski definition) is 3. The SMILES string of the molecule is COc1ccccc1CC(=O)NCc1ccc(C#N)cc1. The first-order valence-electron chi connectivity index (χ1n) is 6.60. The Bertz CT molecular complexity index is 657. The average Bonchev–Trinajstić information content (AvgIpc) is 2.54. The first-order chi connectivity index (χ1) is 10.2. The number of amides is 1. The molecule has 4 nitrogen and oxygen atoms in total. The molecule has 0 aliphatic rings. The van der Waals surface area contributed by atoms with E-state index in [-0.39, 0.29) is 12.3 Å². The van der Waals surface area contributed by atoms with Crippen molar-refractivity contribution in [3.63, 3.8) is 0 Å². The van der Waals surface area contributed by atoms with E-state index < -0.39 is 0 Å². The molecule has 0 spiro atoms. The highest BCUT2D eigenvalue weighted by atomic mass is 16.5. The van der Waals surface area contributed by atoms with E-state index >= 15 is 0 Å². The molecule has 21 heavy (non-hydrogen) atoms. The van der Waals surface area contributed by atoms with Crippen molar-refractivity contribution in [3.8, 4) is 11.8 Å². The van der Waals surface area contributed by atoms with Crippen molar-refractivity contribution in [2.24, 2.45) is 0 Å². The molecule has 0 aromatic heterocycles. The number of para-hydroxylation sites is 1. The van der Waals surface area contributed by atoms with Gasteiger partial charge in [0.05, 0.1) is 25.2 Å². The third-order valence-electron chi connectivity index (χ3n) is 3.12. The predicted octanol–water partition coefficient (Wildman–Crippen LogP) is 2.43. The van der Waals surface area contributed by atoms with Crippen LogP contribution in [0.25, 0.3) is 0 Å². The van der Waals surface area contributed by atoms with Gasteiger partial charge in [0.25, 0.3) is 0 Å². The van der Waals surface area contributed by atoms with Crippen LogP contribution in [-0.4, -0.2) is 13.0 Å². The Morgan fingerprint density at radius 3 is 2.57 bits per heavy atom. The van der Waals surface area contributed by atoms with Crippen LogP contribution in [0, 0.1) is 11.3 Å². The minimum Gasteiger partial charge on any atom is -0.496 e. The molecular weight excluding hydrogens is 264 g/mol. The predicted molar refractivity (Wildman–Crippen MR) is 79.7 cm³/mol. The van der Waals surface area contributed by atoms with Gasteiger partial charge in [0, 0.05) is 12.1 Å². The van der Waals surface area contributed by atoms with Gasteiger partial charge in [-0.05, 0) is 23.8 Å². The van der Waals surface area contributed by atoms with E-state index in [1.54, 1.807) is 19.2 Å². The second-order valence-corrected chi connectivity index (χ2v) is 4.57. The standard InChI is InChI=1S/C17H16N2O2/c1-21-16-5-3-2-4-15(16)10-17(20)19-12-14-8-6-13(11-18)7-9-14/h2-9H,10,12H2,1H3,(H,19,20). The molecule has 0 fully saturated rings. The van der Waals surface area contributed by atoms with Gasteiger partial charge in [-0.1, -0.05) is 30.3 Å². The summed E-state index contributed by atoms with van der Waals surface area (Å²) < 4.78 is 5.22. The number of benzene rings is 2. The summed E-state index contributed by atoms with van der Waals surface area (Å²) in [5.74, 6) is 0.648. The molecule has 1 N–H and O–H groups in total. The summed E-state index contributed by atoms with van der Waals surface area (Å²) in [6, 6.07) is 16.7. The Morgan fingerprint density at radius 2 is 1.90 bits per heavy atom. The lowest BCUT2D eigenvalue weighted by Crippen LogP contribution is -2.24. The zero-order chi connectivity index (χ0) is 15.1. The summed E-state index contributed by atoms with van der Waals surface area (Å²) in [7, 11) is 1.59. The van der Waals surface area contributed by atoms with Crippen LogP contribution in [0.4, 0.5) is 0 Å². The van der Waals surface area contributed by atoms with E-state index in [0.717, 1.165) is 11.1 Å². The number of nitriles is 1. The molecule has 0 heterocycles. The van der Waals surface area contributed by atoms with Crippen molar-refractivity contribution in [1.29, 1.82) is 5.26 Å². The maximum absolute atomic E-state index is 12.0. The molecule has 0 saturated carbocycles. The third kappa shape index (κ3) is 4.08. The molecule has 1 amide bonds. The van der Waals surface area contributed by atoms with Gasteiger partial charge in [-0.3, -0.25) is 4.79 Å². The molecule has 0 aliphatic heterocycles. The average molecular weight is 280 g/mol. The number of nitrogens with zero attached hydrogens (tertiary/aromatic N) is 1. The highest BCUT2D eigenvalue weighted by Gasteiger charge is 2.07. The lowest BCUT2D eigenvalue weighted by atomic mass is 10.1. The summed E-state index contributed by atoms with van der Waals surface area (Å²) in [5, 5.41) is 11.6. The van der Waals surface area contributed by atoms with Gasteiger partial charge in [0.1, 0.15) is 5.75 Å². The molecule has 4 heteroatoms. The second-order valence-electron chi connectivity index (χ2n) is 4.57. The van der Waals surface area contributed by atoms with Crippen LogP contribution in [0.2, 0.25) is 0 Å². The van der Waals surface area contributed by atoms with E-state index in [0.29, 0.717) is 17.9 Å². The van der Waals surface area contributed by atoms with Crippen LogP contribution in [0.1, 0.15) is 16.7 Å². The van der Waals surface area contributed by atoms with Crippen LogP contribution in [-0.2, 0) is 17.8 Å². The van der Waals surface area contributed by atoms with Crippen LogP contribution in [0.5, 0.6) is 5.75 Å². The van der Waals surface area contributed by atoms with Crippen molar-refractivity contribution in [3.05, 3.63) is 65.2 Å². The molecular formula is C17H16N2O2. The largest absolute Gasteiger partial charge is 0.496 e. The second kappa shape index (κ2) is 7.11. The van der Waals surface area contributed by atoms with E-state index in [2.05, 4.69) is 11.4 Å². The maximum atomic E-state index is 12.0. The zero-order valence-corrected chi connectivity index (χ0v) is 11.8. The molecule has 2 aromatic carbocycles. The van der Waals surface area contributed by atoms with E-state index in [9.17, 15) is 4.79 Å². The topological polar surface area (TPSA) is 62.1 Å². The van der Waals surface area contributed by atoms with Gasteiger partial charge in [-0.15, -0.1) is 0 Å². The lowest BCUT2D eigenvalue weighted by Gasteiger charge is -2.09. The number of nitrogens with one attached hydrogen (secondary N) is 1. The zero-order valence-electron chi connectivity index (χ0n) is 11.8. The van der Waals surface area contributed by atoms with Crippen LogP contribution in [0.15, 0.2) is 48.5 Å². The number of rotatable bonds is 5. The van der Waals surface area contributed by atoms with E-state index in [4.69, 9.17) is 10.00 Å². The van der Waals surface area contributed by atoms with Crippen molar-refractivity contribution in [2.45, 2.75) is 13.0 Å². The van der Waals surface area contributed by atoms with Gasteiger partial charge in [0.15, 0.2) is 0 Å². The van der Waals surface area contributed by atoms with Gasteiger partial charge >= 0.3 is 0 Å². The fourth-order valence-corrected chi connectivity index (χ4v) is 1.98. The molecule has 0 saturated heterocycles. The first kappa shape index (κ1) is 14.6. The van der Waals surface area contributed by atoms with Crippen molar-refractivity contribution in [2.75, 3.05) is 7.11 Å². The molecule has 0 atom stereocenters. The molecule has 0 aliphatic carbocycles. The van der Waals surface area contributed by atoms with E-state index in [1.807, 2.05) is 36.4 Å². The van der Waals surface area contributed by atoms with Crippen LogP contribution >= 0.6 is 0 Å². The lowest BCUT2D eigenvalue weighted by molar-refractivity contribution is -0.120. The number of methoxy groups -OCH3 is 1. The first-order valence-corrected chi connectivity index (χ1v) is 6.60. The summed E-state index contributed by atoms with van der Waals surface area (Å²) in [6.45, 7) is 0.444. The Labute approximate surface area is 124 Å². The molecule has 0 bridgehead atoms. The van der Waals surface area contributed by atoms with Gasteiger partial charge < -0.3 is 10.1 Å². The maximum Gasteiger partial charge on any atom is 0.224 e. The Balaban J connectivity index is 1.91. The van der Waals surface area contributed by atoms with Crippen molar-refractivity contribution in [1.82, 2.24) is 5.32 Å². The Hall–Kier alpha value is -2.80. The Kier molecular flexibility index (Phi) is 4.94. The number of hydrogen-bond donors (Lipinski definition) is 1. The third-order valence-corrected chi connectivity index (χ3v) is 3.12. The molecule has 0 radical (unpaired) electrons. The number of carbonyl (C=O) groups excluding carboxylic acids is 1. The van der Waals surface area contributed by atoms with Crippen LogP contribution in [0.3, 0.4) is 0 Å². The molecule has 0 unspecified atom stereocenters. The van der Waals surface area contributed by atoms with Crippen molar-refractivity contribution < 1.29 is 9.53 Å². The molecule has 106 valence electrons. The summed E-state index contributed by atoms with van der Waals surface area (Å²) in [4.78, 5) is 12.0. The minimum absolute atomic E-state index is 0.0659. The van der Waals surface area contributed by atoms with E-state index in [1.165, 1.54) is 0 Å². The van der Waals surface area contributed by atoms with Gasteiger partial charge in [-0.2, -0.15) is 5.26 Å². The monoisotopic (exact) mass is 280 g/mol. The highest BCUT2D eigenvalue weighted by molar-refractivity contribution is 5.79. The summed E-state index contributed by atoms with van der Waals surface area (Å²) in [5.41, 5.74) is 2.43. The number of ether oxygens (including phenoxy) is 1. The quantitative estimate of drug-likeness (QED) is 0.915. The highest BCUT2D eigenvalue weighted by Crippen LogP contribution is 2.17. The van der Waals surface area contributed by atoms with Gasteiger partial charge in [0.2, 0.25) is 5.91 Å². The molecule has 2 rings (SSSR count). The summed E-state index contributed by atoms with van der Waals surface area (Å²) >= 11 is 0. The van der Waals surface area contributed by atoms with Crippen molar-refractivity contribution >= 4 is 5.91 Å². The number of carbonyl (C=O) groups is 1. The fraction of sp³-hybridized carbons (Fsp3) is 0.176. The molecule has 2 aromatic rings.